The van der Waals surface area contributed by atoms with Gasteiger partial charge in [0.05, 0.1) is 31.3 Å². The van der Waals surface area contributed by atoms with Crippen LogP contribution in [0.3, 0.4) is 0 Å². The quantitative estimate of drug-likeness (QED) is 0.575. The second kappa shape index (κ2) is 5.93. The first-order valence-electron chi connectivity index (χ1n) is 7.79. The van der Waals surface area contributed by atoms with Crippen molar-refractivity contribution in [3.63, 3.8) is 0 Å². The van der Waals surface area contributed by atoms with Gasteiger partial charge in [-0.2, -0.15) is 5.10 Å². The van der Waals surface area contributed by atoms with Crippen molar-refractivity contribution in [1.82, 2.24) is 29.9 Å². The van der Waals surface area contributed by atoms with Crippen LogP contribution in [0.4, 0.5) is 11.5 Å². The number of furan rings is 1. The van der Waals surface area contributed by atoms with Gasteiger partial charge >= 0.3 is 0 Å². The average molecular weight is 339 g/mol. The second-order valence-electron chi connectivity index (χ2n) is 5.79. The molecular formula is C16H17N7O2. The fourth-order valence-electron chi connectivity index (χ4n) is 2.45. The Kier molecular flexibility index (Phi) is 3.60. The van der Waals surface area contributed by atoms with Crippen LogP contribution < -0.4 is 10.1 Å². The minimum atomic E-state index is 0.212. The van der Waals surface area contributed by atoms with Gasteiger partial charge in [0.15, 0.2) is 11.6 Å². The highest BCUT2D eigenvalue weighted by Crippen LogP contribution is 2.30. The standard InChI is InChI=1S/C16H17N7O2/c1-9(2)23-7-12(16(22-23)24-3)19-15-13-11(6-17-21-13)18-14(20-15)10-4-5-25-8-10/h4-9H,1-3H3,(H,17,21)(H,18,19,20). The zero-order valence-electron chi connectivity index (χ0n) is 14.0. The van der Waals surface area contributed by atoms with E-state index in [0.29, 0.717) is 34.2 Å². The number of nitrogens with zero attached hydrogens (tertiary/aromatic N) is 5. The summed E-state index contributed by atoms with van der Waals surface area (Å²) in [6, 6.07) is 2.02. The fourth-order valence-corrected chi connectivity index (χ4v) is 2.45. The number of hydrogen-bond acceptors (Lipinski definition) is 7. The van der Waals surface area contributed by atoms with Crippen molar-refractivity contribution in [2.75, 3.05) is 12.4 Å². The van der Waals surface area contributed by atoms with Gasteiger partial charge in [-0.15, -0.1) is 5.10 Å². The summed E-state index contributed by atoms with van der Waals surface area (Å²) < 4.78 is 12.3. The predicted octanol–water partition coefficient (Wildman–Crippen LogP) is 3.14. The Labute approximate surface area is 143 Å². The summed E-state index contributed by atoms with van der Waals surface area (Å²) in [5, 5.41) is 14.7. The molecule has 0 aromatic carbocycles. The van der Waals surface area contributed by atoms with Crippen molar-refractivity contribution in [3.05, 3.63) is 31.0 Å². The monoisotopic (exact) mass is 339 g/mol. The molecule has 9 nitrogen and oxygen atoms in total. The molecule has 4 aromatic heterocycles. The molecular weight excluding hydrogens is 322 g/mol. The van der Waals surface area contributed by atoms with Gasteiger partial charge in [0.25, 0.3) is 5.88 Å². The highest BCUT2D eigenvalue weighted by Gasteiger charge is 2.16. The van der Waals surface area contributed by atoms with Crippen molar-refractivity contribution >= 4 is 22.5 Å². The summed E-state index contributed by atoms with van der Waals surface area (Å²) in [6.45, 7) is 4.09. The van der Waals surface area contributed by atoms with Gasteiger partial charge in [-0.1, -0.05) is 0 Å². The Morgan fingerprint density at radius 3 is 2.92 bits per heavy atom. The molecule has 0 aliphatic carbocycles. The first-order chi connectivity index (χ1) is 12.2. The number of hydrogen-bond donors (Lipinski definition) is 2. The highest BCUT2D eigenvalue weighted by molar-refractivity contribution is 5.88. The summed E-state index contributed by atoms with van der Waals surface area (Å²) in [7, 11) is 1.58. The van der Waals surface area contributed by atoms with Crippen molar-refractivity contribution in [3.8, 4) is 17.3 Å². The number of aromatic amines is 1. The third kappa shape index (κ3) is 2.69. The summed E-state index contributed by atoms with van der Waals surface area (Å²) >= 11 is 0. The van der Waals surface area contributed by atoms with Crippen LogP contribution in [0.2, 0.25) is 0 Å². The number of methoxy groups -OCH3 is 1. The van der Waals surface area contributed by atoms with Crippen LogP contribution in [-0.4, -0.2) is 37.1 Å². The van der Waals surface area contributed by atoms with Gasteiger partial charge in [0, 0.05) is 6.04 Å². The number of aromatic nitrogens is 6. The van der Waals surface area contributed by atoms with Crippen LogP contribution in [-0.2, 0) is 0 Å². The van der Waals surface area contributed by atoms with Crippen molar-refractivity contribution < 1.29 is 9.15 Å². The SMILES string of the molecule is COc1nn(C(C)C)cc1Nc1nc(-c2ccoc2)nc2cn[nH]c12. The molecule has 0 saturated heterocycles. The summed E-state index contributed by atoms with van der Waals surface area (Å²) in [4.78, 5) is 9.09. The molecule has 0 aliphatic rings. The lowest BCUT2D eigenvalue weighted by atomic mass is 10.3. The summed E-state index contributed by atoms with van der Waals surface area (Å²) in [5.41, 5.74) is 2.90. The van der Waals surface area contributed by atoms with E-state index in [0.717, 1.165) is 5.56 Å². The molecule has 9 heteroatoms. The molecule has 4 heterocycles. The van der Waals surface area contributed by atoms with Gasteiger partial charge in [0.1, 0.15) is 23.0 Å². The van der Waals surface area contributed by atoms with E-state index in [4.69, 9.17) is 9.15 Å². The Morgan fingerprint density at radius 2 is 2.20 bits per heavy atom. The Morgan fingerprint density at radius 1 is 1.32 bits per heavy atom. The number of fused-ring (bicyclic) bond motifs is 1. The van der Waals surface area contributed by atoms with Crippen LogP contribution >= 0.6 is 0 Å². The van der Waals surface area contributed by atoms with E-state index >= 15 is 0 Å². The Bertz CT molecular complexity index is 1000. The smallest absolute Gasteiger partial charge is 0.256 e. The van der Waals surface area contributed by atoms with Crippen LogP contribution in [0.15, 0.2) is 35.4 Å². The summed E-state index contributed by atoms with van der Waals surface area (Å²) in [5.74, 6) is 1.62. The molecule has 0 unspecified atom stereocenters. The topological polar surface area (TPSA) is 107 Å². The van der Waals surface area contributed by atoms with Gasteiger partial charge in [0.2, 0.25) is 0 Å². The van der Waals surface area contributed by atoms with Gasteiger partial charge in [-0.3, -0.25) is 9.78 Å². The molecule has 0 atom stereocenters. The van der Waals surface area contributed by atoms with Crippen molar-refractivity contribution in [1.29, 1.82) is 0 Å². The van der Waals surface area contributed by atoms with E-state index in [-0.39, 0.29) is 6.04 Å². The largest absolute Gasteiger partial charge is 0.478 e. The number of rotatable bonds is 5. The average Bonchev–Trinajstić information content (AvgIpc) is 3.34. The van der Waals surface area contributed by atoms with Gasteiger partial charge in [-0.25, -0.2) is 9.97 Å². The van der Waals surface area contributed by atoms with E-state index in [2.05, 4.69) is 30.6 Å². The number of H-pyrrole nitrogens is 1. The number of anilines is 2. The molecule has 0 bridgehead atoms. The third-order valence-electron chi connectivity index (χ3n) is 3.75. The molecule has 2 N–H and O–H groups in total. The van der Waals surface area contributed by atoms with E-state index in [1.807, 2.05) is 30.8 Å². The van der Waals surface area contributed by atoms with Crippen LogP contribution in [0.25, 0.3) is 22.4 Å². The number of nitrogens with one attached hydrogen (secondary N) is 2. The Balaban J connectivity index is 1.80. The first kappa shape index (κ1) is 15.2. The molecule has 0 spiro atoms. The minimum Gasteiger partial charge on any atom is -0.478 e. The zero-order valence-corrected chi connectivity index (χ0v) is 14.0. The Hall–Kier alpha value is -3.36. The molecule has 0 radical (unpaired) electrons. The highest BCUT2D eigenvalue weighted by atomic mass is 16.5. The first-order valence-corrected chi connectivity index (χ1v) is 7.79. The fraction of sp³-hybridized carbons (Fsp3) is 0.250. The molecule has 25 heavy (non-hydrogen) atoms. The molecule has 0 saturated carbocycles. The maximum absolute atomic E-state index is 5.37. The third-order valence-corrected chi connectivity index (χ3v) is 3.75. The van der Waals surface area contributed by atoms with Gasteiger partial charge < -0.3 is 14.5 Å². The molecule has 4 rings (SSSR count). The van der Waals surface area contributed by atoms with E-state index < -0.39 is 0 Å². The maximum Gasteiger partial charge on any atom is 0.256 e. The van der Waals surface area contributed by atoms with Gasteiger partial charge in [-0.05, 0) is 19.9 Å². The molecule has 0 aliphatic heterocycles. The lowest BCUT2D eigenvalue weighted by molar-refractivity contribution is 0.384. The zero-order chi connectivity index (χ0) is 17.4. The normalized spacial score (nSPS) is 11.4. The van der Waals surface area contributed by atoms with Crippen molar-refractivity contribution in [2.24, 2.45) is 0 Å². The molecule has 4 aromatic rings. The minimum absolute atomic E-state index is 0.212. The molecule has 0 amide bonds. The maximum atomic E-state index is 5.37. The van der Waals surface area contributed by atoms with E-state index in [1.54, 1.807) is 25.8 Å². The van der Waals surface area contributed by atoms with Crippen LogP contribution in [0.5, 0.6) is 5.88 Å². The lowest BCUT2D eigenvalue weighted by Gasteiger charge is -2.07. The van der Waals surface area contributed by atoms with Crippen LogP contribution in [0, 0.1) is 0 Å². The lowest BCUT2D eigenvalue weighted by Crippen LogP contribution is -2.00. The van der Waals surface area contributed by atoms with E-state index in [1.165, 1.54) is 0 Å². The predicted molar refractivity (Wildman–Crippen MR) is 91.8 cm³/mol. The van der Waals surface area contributed by atoms with Crippen molar-refractivity contribution in [2.45, 2.75) is 19.9 Å². The molecule has 128 valence electrons. The van der Waals surface area contributed by atoms with E-state index in [9.17, 15) is 0 Å². The second-order valence-corrected chi connectivity index (χ2v) is 5.79. The van der Waals surface area contributed by atoms with Crippen LogP contribution in [0.1, 0.15) is 19.9 Å². The molecule has 0 fully saturated rings. The summed E-state index contributed by atoms with van der Waals surface area (Å²) in [6.07, 6.45) is 6.72. The number of ether oxygens (including phenoxy) is 1.